The monoisotopic (exact) mass is 227 g/mol. The molecule has 92 valence electrons. The third-order valence-electron chi connectivity index (χ3n) is 2.51. The summed E-state index contributed by atoms with van der Waals surface area (Å²) in [7, 11) is 0. The molecule has 0 unspecified atom stereocenters. The number of hydrogen-bond donors (Lipinski definition) is 2. The van der Waals surface area contributed by atoms with E-state index in [1.807, 2.05) is 13.8 Å². The summed E-state index contributed by atoms with van der Waals surface area (Å²) in [4.78, 5) is 24.7. The Hall–Kier alpha value is -1.10. The van der Waals surface area contributed by atoms with Gasteiger partial charge in [-0.15, -0.1) is 0 Å². The van der Waals surface area contributed by atoms with Crippen LogP contribution in [0.2, 0.25) is 0 Å². The normalized spacial score (nSPS) is 17.2. The van der Waals surface area contributed by atoms with Crippen LogP contribution in [-0.4, -0.2) is 48.9 Å². The Labute approximate surface area is 96.6 Å². The van der Waals surface area contributed by atoms with Crippen LogP contribution in [0, 0.1) is 0 Å². The number of carbonyl (C=O) groups is 2. The zero-order chi connectivity index (χ0) is 12.0. The number of carbonyl (C=O) groups excluding carboxylic acids is 2. The maximum Gasteiger partial charge on any atom is 0.239 e. The summed E-state index contributed by atoms with van der Waals surface area (Å²) in [5.41, 5.74) is 0. The lowest BCUT2D eigenvalue weighted by molar-refractivity contribution is -0.135. The molecule has 2 amide bonds. The summed E-state index contributed by atoms with van der Waals surface area (Å²) in [6.07, 6.45) is 1.31. The molecule has 0 aliphatic carbocycles. The maximum absolute atomic E-state index is 11.8. The SMILES string of the molecule is CC(C)NCCC(=O)N1CCCNC(=O)C1. The van der Waals surface area contributed by atoms with E-state index in [9.17, 15) is 9.59 Å². The van der Waals surface area contributed by atoms with Crippen molar-refractivity contribution in [3.05, 3.63) is 0 Å². The molecule has 1 aliphatic heterocycles. The second-order valence-corrected chi connectivity index (χ2v) is 4.38. The van der Waals surface area contributed by atoms with Gasteiger partial charge in [0.05, 0.1) is 6.54 Å². The van der Waals surface area contributed by atoms with Crippen LogP contribution in [-0.2, 0) is 9.59 Å². The fraction of sp³-hybridized carbons (Fsp3) is 0.818. The van der Waals surface area contributed by atoms with Crippen LogP contribution in [0.3, 0.4) is 0 Å². The Morgan fingerprint density at radius 1 is 1.56 bits per heavy atom. The van der Waals surface area contributed by atoms with Gasteiger partial charge < -0.3 is 15.5 Å². The van der Waals surface area contributed by atoms with Gasteiger partial charge in [-0.2, -0.15) is 0 Å². The van der Waals surface area contributed by atoms with Gasteiger partial charge in [-0.1, -0.05) is 13.8 Å². The standard InChI is InChI=1S/C11H21N3O2/c1-9(2)12-6-4-11(16)14-7-3-5-13-10(15)8-14/h9,12H,3-8H2,1-2H3,(H,13,15). The second kappa shape index (κ2) is 6.48. The van der Waals surface area contributed by atoms with Crippen LogP contribution in [0.1, 0.15) is 26.7 Å². The summed E-state index contributed by atoms with van der Waals surface area (Å²) in [6, 6.07) is 0.389. The topological polar surface area (TPSA) is 61.4 Å². The second-order valence-electron chi connectivity index (χ2n) is 4.38. The van der Waals surface area contributed by atoms with E-state index in [0.29, 0.717) is 32.1 Å². The minimum absolute atomic E-state index is 0.0531. The van der Waals surface area contributed by atoms with Crippen molar-refractivity contribution in [3.8, 4) is 0 Å². The maximum atomic E-state index is 11.8. The van der Waals surface area contributed by atoms with Gasteiger partial charge in [0.15, 0.2) is 0 Å². The largest absolute Gasteiger partial charge is 0.354 e. The molecule has 1 fully saturated rings. The fourth-order valence-corrected chi connectivity index (χ4v) is 1.64. The Bertz CT molecular complexity index is 254. The molecule has 2 N–H and O–H groups in total. The van der Waals surface area contributed by atoms with Gasteiger partial charge in [0.1, 0.15) is 0 Å². The number of nitrogens with one attached hydrogen (secondary N) is 2. The van der Waals surface area contributed by atoms with E-state index in [0.717, 1.165) is 6.42 Å². The third-order valence-corrected chi connectivity index (χ3v) is 2.51. The van der Waals surface area contributed by atoms with Gasteiger partial charge in [-0.25, -0.2) is 0 Å². The highest BCUT2D eigenvalue weighted by Gasteiger charge is 2.18. The number of rotatable bonds is 4. The zero-order valence-corrected chi connectivity index (χ0v) is 10.1. The minimum Gasteiger partial charge on any atom is -0.354 e. The molecule has 0 radical (unpaired) electrons. The molecule has 1 heterocycles. The van der Waals surface area contributed by atoms with Crippen molar-refractivity contribution in [1.29, 1.82) is 0 Å². The van der Waals surface area contributed by atoms with Gasteiger partial charge in [-0.3, -0.25) is 9.59 Å². The van der Waals surface area contributed by atoms with Crippen molar-refractivity contribution < 1.29 is 9.59 Å². The van der Waals surface area contributed by atoms with E-state index in [1.165, 1.54) is 0 Å². The molecule has 0 bridgehead atoms. The van der Waals surface area contributed by atoms with Crippen LogP contribution < -0.4 is 10.6 Å². The Kier molecular flexibility index (Phi) is 5.25. The molecule has 0 atom stereocenters. The van der Waals surface area contributed by atoms with E-state index in [-0.39, 0.29) is 18.4 Å². The first-order chi connectivity index (χ1) is 7.59. The van der Waals surface area contributed by atoms with Crippen molar-refractivity contribution in [1.82, 2.24) is 15.5 Å². The fourth-order valence-electron chi connectivity index (χ4n) is 1.64. The first kappa shape index (κ1) is 13.0. The molecule has 5 heteroatoms. The van der Waals surface area contributed by atoms with Gasteiger partial charge in [0.2, 0.25) is 11.8 Å². The highest BCUT2D eigenvalue weighted by atomic mass is 16.2. The van der Waals surface area contributed by atoms with E-state index in [1.54, 1.807) is 4.90 Å². The highest BCUT2D eigenvalue weighted by molar-refractivity contribution is 5.85. The molecule has 0 aromatic carbocycles. The molecule has 1 aliphatic rings. The average molecular weight is 227 g/mol. The summed E-state index contributed by atoms with van der Waals surface area (Å²) in [6.45, 7) is 6.33. The van der Waals surface area contributed by atoms with Crippen LogP contribution in [0.15, 0.2) is 0 Å². The summed E-state index contributed by atoms with van der Waals surface area (Å²) in [5, 5.41) is 5.95. The first-order valence-corrected chi connectivity index (χ1v) is 5.87. The van der Waals surface area contributed by atoms with Crippen LogP contribution in [0.25, 0.3) is 0 Å². The number of amides is 2. The molecule has 0 saturated carbocycles. The smallest absolute Gasteiger partial charge is 0.239 e. The average Bonchev–Trinajstić information content (AvgIpc) is 2.42. The summed E-state index contributed by atoms with van der Waals surface area (Å²) < 4.78 is 0. The van der Waals surface area contributed by atoms with Crippen LogP contribution in [0.5, 0.6) is 0 Å². The number of nitrogens with zero attached hydrogens (tertiary/aromatic N) is 1. The lowest BCUT2D eigenvalue weighted by Crippen LogP contribution is -2.39. The van der Waals surface area contributed by atoms with E-state index in [2.05, 4.69) is 10.6 Å². The highest BCUT2D eigenvalue weighted by Crippen LogP contribution is 1.99. The Balaban J connectivity index is 2.31. The molecule has 1 saturated heterocycles. The number of hydrogen-bond acceptors (Lipinski definition) is 3. The molecule has 0 spiro atoms. The molecule has 0 aromatic heterocycles. The quantitative estimate of drug-likeness (QED) is 0.694. The molecular formula is C11H21N3O2. The lowest BCUT2D eigenvalue weighted by Gasteiger charge is -2.19. The van der Waals surface area contributed by atoms with Crippen LogP contribution in [0.4, 0.5) is 0 Å². The van der Waals surface area contributed by atoms with Crippen molar-refractivity contribution >= 4 is 11.8 Å². The zero-order valence-electron chi connectivity index (χ0n) is 10.1. The van der Waals surface area contributed by atoms with Gasteiger partial charge in [-0.05, 0) is 6.42 Å². The van der Waals surface area contributed by atoms with E-state index in [4.69, 9.17) is 0 Å². The predicted molar refractivity (Wildman–Crippen MR) is 62.0 cm³/mol. The van der Waals surface area contributed by atoms with Crippen LogP contribution >= 0.6 is 0 Å². The predicted octanol–water partition coefficient (Wildman–Crippen LogP) is -0.277. The van der Waals surface area contributed by atoms with Gasteiger partial charge in [0.25, 0.3) is 0 Å². The molecule has 0 aromatic rings. The van der Waals surface area contributed by atoms with Crippen molar-refractivity contribution in [2.75, 3.05) is 26.2 Å². The molecule has 16 heavy (non-hydrogen) atoms. The van der Waals surface area contributed by atoms with Gasteiger partial charge >= 0.3 is 0 Å². The van der Waals surface area contributed by atoms with Crippen molar-refractivity contribution in [2.24, 2.45) is 0 Å². The summed E-state index contributed by atoms with van der Waals surface area (Å²) in [5.74, 6) is 0.00729. The third kappa shape index (κ3) is 4.61. The van der Waals surface area contributed by atoms with E-state index >= 15 is 0 Å². The first-order valence-electron chi connectivity index (χ1n) is 5.87. The molecule has 5 nitrogen and oxygen atoms in total. The minimum atomic E-state index is -0.0531. The molecular weight excluding hydrogens is 206 g/mol. The molecule has 1 rings (SSSR count). The van der Waals surface area contributed by atoms with Crippen molar-refractivity contribution in [3.63, 3.8) is 0 Å². The van der Waals surface area contributed by atoms with E-state index < -0.39 is 0 Å². The van der Waals surface area contributed by atoms with Crippen molar-refractivity contribution in [2.45, 2.75) is 32.7 Å². The Morgan fingerprint density at radius 3 is 3.00 bits per heavy atom. The summed E-state index contributed by atoms with van der Waals surface area (Å²) >= 11 is 0. The Morgan fingerprint density at radius 2 is 2.31 bits per heavy atom. The lowest BCUT2D eigenvalue weighted by atomic mass is 10.3. The van der Waals surface area contributed by atoms with Gasteiger partial charge in [0, 0.05) is 32.1 Å².